The summed E-state index contributed by atoms with van der Waals surface area (Å²) in [4.78, 5) is 34.9. The normalized spacial score (nSPS) is 23.8. The van der Waals surface area contributed by atoms with Crippen molar-refractivity contribution in [3.8, 4) is 0 Å². The highest BCUT2D eigenvalue weighted by Crippen LogP contribution is 2.29. The molecule has 18 heavy (non-hydrogen) atoms. The van der Waals surface area contributed by atoms with Gasteiger partial charge in [0.25, 0.3) is 0 Å². The summed E-state index contributed by atoms with van der Waals surface area (Å²) >= 11 is 0. The van der Waals surface area contributed by atoms with Crippen LogP contribution in [0, 0.1) is 0 Å². The molecule has 5 nitrogen and oxygen atoms in total. The lowest BCUT2D eigenvalue weighted by Gasteiger charge is -2.31. The topological polar surface area (TPSA) is 63.7 Å². The molecule has 0 aliphatic carbocycles. The number of aldehydes is 2. The fourth-order valence-electron chi connectivity index (χ4n) is 2.26. The largest absolute Gasteiger partial charge is 0.444 e. The van der Waals surface area contributed by atoms with Crippen molar-refractivity contribution in [3.63, 3.8) is 0 Å². The highest BCUT2D eigenvalue weighted by Gasteiger charge is 2.38. The number of hydrogen-bond donors (Lipinski definition) is 0. The van der Waals surface area contributed by atoms with Gasteiger partial charge >= 0.3 is 6.09 Å². The lowest BCUT2D eigenvalue weighted by molar-refractivity contribution is -0.108. The second kappa shape index (κ2) is 5.98. The maximum absolute atomic E-state index is 12.1. The van der Waals surface area contributed by atoms with Crippen molar-refractivity contribution in [3.05, 3.63) is 0 Å². The third-order valence-electron chi connectivity index (χ3n) is 2.96. The summed E-state index contributed by atoms with van der Waals surface area (Å²) in [6.45, 7) is 5.39. The van der Waals surface area contributed by atoms with Crippen LogP contribution in [0.25, 0.3) is 0 Å². The Bertz CT molecular complexity index is 303. The zero-order valence-electron chi connectivity index (χ0n) is 11.2. The monoisotopic (exact) mass is 255 g/mol. The molecule has 0 aromatic rings. The average Bonchev–Trinajstić information content (AvgIpc) is 2.60. The van der Waals surface area contributed by atoms with Gasteiger partial charge in [-0.25, -0.2) is 4.79 Å². The highest BCUT2D eigenvalue weighted by atomic mass is 16.6. The summed E-state index contributed by atoms with van der Waals surface area (Å²) in [5, 5.41) is 0. The summed E-state index contributed by atoms with van der Waals surface area (Å²) in [5.74, 6) is 0. The molecule has 0 aromatic heterocycles. The lowest BCUT2D eigenvalue weighted by atomic mass is 10.1. The van der Waals surface area contributed by atoms with Crippen molar-refractivity contribution in [2.75, 3.05) is 0 Å². The molecule has 0 spiro atoms. The van der Waals surface area contributed by atoms with Gasteiger partial charge in [-0.15, -0.1) is 0 Å². The number of carbonyl (C=O) groups excluding carboxylic acids is 3. The smallest absolute Gasteiger partial charge is 0.410 e. The third kappa shape index (κ3) is 3.82. The van der Waals surface area contributed by atoms with E-state index in [1.54, 1.807) is 25.7 Å². The van der Waals surface area contributed by atoms with E-state index < -0.39 is 11.7 Å². The van der Waals surface area contributed by atoms with Gasteiger partial charge in [0.15, 0.2) is 0 Å². The van der Waals surface area contributed by atoms with Gasteiger partial charge in [-0.2, -0.15) is 0 Å². The van der Waals surface area contributed by atoms with E-state index >= 15 is 0 Å². The van der Waals surface area contributed by atoms with Crippen molar-refractivity contribution in [2.45, 2.75) is 64.1 Å². The maximum atomic E-state index is 12.1. The lowest BCUT2D eigenvalue weighted by Crippen LogP contribution is -2.44. The van der Waals surface area contributed by atoms with E-state index in [1.165, 1.54) is 0 Å². The first kappa shape index (κ1) is 14.7. The van der Waals surface area contributed by atoms with E-state index in [4.69, 9.17) is 4.74 Å². The first-order chi connectivity index (χ1) is 8.39. The third-order valence-corrected chi connectivity index (χ3v) is 2.96. The second-order valence-corrected chi connectivity index (χ2v) is 5.58. The van der Waals surface area contributed by atoms with Gasteiger partial charge in [0.2, 0.25) is 0 Å². The number of amides is 1. The molecule has 1 fully saturated rings. The number of rotatable bonds is 4. The van der Waals surface area contributed by atoms with E-state index in [0.717, 1.165) is 25.4 Å². The molecule has 1 aliphatic rings. The van der Waals surface area contributed by atoms with Crippen LogP contribution in [-0.2, 0) is 14.3 Å². The molecule has 2 atom stereocenters. The van der Waals surface area contributed by atoms with E-state index in [-0.39, 0.29) is 12.1 Å². The summed E-state index contributed by atoms with van der Waals surface area (Å²) in [7, 11) is 0. The number of ether oxygens (including phenoxy) is 1. The molecule has 1 aliphatic heterocycles. The van der Waals surface area contributed by atoms with Crippen LogP contribution >= 0.6 is 0 Å². The number of carbonyl (C=O) groups is 3. The summed E-state index contributed by atoms with van der Waals surface area (Å²) in [5.41, 5.74) is -0.572. The Balaban J connectivity index is 2.78. The molecule has 1 amide bonds. The van der Waals surface area contributed by atoms with Gasteiger partial charge in [-0.05, 0) is 33.6 Å². The van der Waals surface area contributed by atoms with Gasteiger partial charge in [-0.1, -0.05) is 0 Å². The van der Waals surface area contributed by atoms with E-state index in [9.17, 15) is 14.4 Å². The van der Waals surface area contributed by atoms with Gasteiger partial charge in [0, 0.05) is 24.9 Å². The molecule has 5 heteroatoms. The number of nitrogens with zero attached hydrogens (tertiary/aromatic N) is 1. The fourth-order valence-corrected chi connectivity index (χ4v) is 2.26. The maximum Gasteiger partial charge on any atom is 0.410 e. The quantitative estimate of drug-likeness (QED) is 0.720. The SMILES string of the molecule is CC(C)(C)OC(=O)N1[C@H](CC=O)CC[C@@H]1CC=O. The van der Waals surface area contributed by atoms with Crippen LogP contribution in [0.15, 0.2) is 0 Å². The average molecular weight is 255 g/mol. The summed E-state index contributed by atoms with van der Waals surface area (Å²) < 4.78 is 5.33. The van der Waals surface area contributed by atoms with E-state index in [1.807, 2.05) is 0 Å². The van der Waals surface area contributed by atoms with Crippen LogP contribution in [-0.4, -0.2) is 41.3 Å². The molecule has 0 radical (unpaired) electrons. The predicted molar refractivity (Wildman–Crippen MR) is 66.2 cm³/mol. The fraction of sp³-hybridized carbons (Fsp3) is 0.769. The van der Waals surface area contributed by atoms with Crippen molar-refractivity contribution in [1.82, 2.24) is 4.90 Å². The summed E-state index contributed by atoms with van der Waals surface area (Å²) in [6, 6.07) is -0.274. The zero-order chi connectivity index (χ0) is 13.8. The van der Waals surface area contributed by atoms with E-state index in [0.29, 0.717) is 12.8 Å². The molecule has 1 rings (SSSR count). The highest BCUT2D eigenvalue weighted by molar-refractivity contribution is 5.71. The molecule has 0 unspecified atom stereocenters. The Kier molecular flexibility index (Phi) is 4.87. The van der Waals surface area contributed by atoms with Crippen molar-refractivity contribution >= 4 is 18.7 Å². The summed E-state index contributed by atoms with van der Waals surface area (Å²) in [6.07, 6.45) is 3.28. The van der Waals surface area contributed by atoms with Crippen LogP contribution in [0.3, 0.4) is 0 Å². The Morgan fingerprint density at radius 2 is 1.61 bits per heavy atom. The molecule has 0 N–H and O–H groups in total. The minimum atomic E-state index is -0.572. The van der Waals surface area contributed by atoms with Crippen LogP contribution in [0.5, 0.6) is 0 Å². The minimum Gasteiger partial charge on any atom is -0.444 e. The van der Waals surface area contributed by atoms with Crippen LogP contribution < -0.4 is 0 Å². The second-order valence-electron chi connectivity index (χ2n) is 5.58. The molecule has 0 bridgehead atoms. The van der Waals surface area contributed by atoms with Gasteiger partial charge < -0.3 is 19.2 Å². The molecular weight excluding hydrogens is 234 g/mol. The van der Waals surface area contributed by atoms with Crippen LogP contribution in [0.4, 0.5) is 4.79 Å². The Morgan fingerprint density at radius 1 is 1.17 bits per heavy atom. The minimum absolute atomic E-state index is 0.137. The molecule has 102 valence electrons. The van der Waals surface area contributed by atoms with Gasteiger partial charge in [-0.3, -0.25) is 0 Å². The van der Waals surface area contributed by atoms with Crippen LogP contribution in [0.1, 0.15) is 46.5 Å². The van der Waals surface area contributed by atoms with Crippen molar-refractivity contribution in [1.29, 1.82) is 0 Å². The van der Waals surface area contributed by atoms with Crippen molar-refractivity contribution < 1.29 is 19.1 Å². The van der Waals surface area contributed by atoms with Crippen LogP contribution in [0.2, 0.25) is 0 Å². The molecular formula is C13H21NO4. The van der Waals surface area contributed by atoms with Crippen molar-refractivity contribution in [2.24, 2.45) is 0 Å². The first-order valence-electron chi connectivity index (χ1n) is 6.27. The zero-order valence-corrected chi connectivity index (χ0v) is 11.2. The Hall–Kier alpha value is -1.39. The van der Waals surface area contributed by atoms with E-state index in [2.05, 4.69) is 0 Å². The number of likely N-dealkylation sites (tertiary alicyclic amines) is 1. The molecule has 1 saturated heterocycles. The van der Waals surface area contributed by atoms with Gasteiger partial charge in [0.1, 0.15) is 18.2 Å². The van der Waals surface area contributed by atoms with Gasteiger partial charge in [0.05, 0.1) is 0 Å². The Morgan fingerprint density at radius 3 is 1.94 bits per heavy atom. The molecule has 1 heterocycles. The molecule has 0 aromatic carbocycles. The number of hydrogen-bond acceptors (Lipinski definition) is 4. The first-order valence-corrected chi connectivity index (χ1v) is 6.27. The predicted octanol–water partition coefficient (Wildman–Crippen LogP) is 1.93. The standard InChI is InChI=1S/C13H21NO4/c1-13(2,3)18-12(17)14-10(6-8-15)4-5-11(14)7-9-16/h8-11H,4-7H2,1-3H3/t10-,11+. The molecule has 0 saturated carbocycles. The Labute approximate surface area is 107 Å².